The van der Waals surface area contributed by atoms with Crippen LogP contribution in [0.15, 0.2) is 60.9 Å². The van der Waals surface area contributed by atoms with Crippen LogP contribution < -0.4 is 10.5 Å². The predicted octanol–water partition coefficient (Wildman–Crippen LogP) is 2.76. The van der Waals surface area contributed by atoms with E-state index in [9.17, 15) is 9.59 Å². The van der Waals surface area contributed by atoms with Gasteiger partial charge in [-0.2, -0.15) is 5.10 Å². The number of nitrogens with two attached hydrogens (primary N) is 1. The molecular formula is C23H21N7O3. The first-order chi connectivity index (χ1) is 16.0. The summed E-state index contributed by atoms with van der Waals surface area (Å²) in [6.45, 7) is 0.552. The number of carbonyl (C=O) groups is 2. The lowest BCUT2D eigenvalue weighted by Crippen LogP contribution is -2.34. The summed E-state index contributed by atoms with van der Waals surface area (Å²) < 4.78 is 7.51. The number of aromatic nitrogens is 4. The number of urea groups is 1. The summed E-state index contributed by atoms with van der Waals surface area (Å²) in [4.78, 5) is 35.3. The van der Waals surface area contributed by atoms with Crippen LogP contribution in [0.2, 0.25) is 0 Å². The zero-order chi connectivity index (χ0) is 22.9. The molecular weight excluding hydrogens is 422 g/mol. The third-order valence-electron chi connectivity index (χ3n) is 5.43. The van der Waals surface area contributed by atoms with Crippen LogP contribution in [-0.4, -0.2) is 61.6 Å². The van der Waals surface area contributed by atoms with Gasteiger partial charge in [-0.25, -0.2) is 19.4 Å². The van der Waals surface area contributed by atoms with Crippen molar-refractivity contribution < 1.29 is 14.3 Å². The number of benzene rings is 2. The molecule has 5 rings (SSSR count). The summed E-state index contributed by atoms with van der Waals surface area (Å²) in [7, 11) is 1.60. The lowest BCUT2D eigenvalue weighted by atomic mass is 10.1. The molecule has 0 spiro atoms. The number of anilines is 1. The van der Waals surface area contributed by atoms with E-state index in [0.29, 0.717) is 28.3 Å². The fourth-order valence-corrected chi connectivity index (χ4v) is 3.78. The van der Waals surface area contributed by atoms with Crippen LogP contribution in [0, 0.1) is 0 Å². The molecule has 33 heavy (non-hydrogen) atoms. The SMILES string of the molecule is CN1CC(=O)N(CCn2nc(-c3ccc(Oc4ccccc4)cc3)c3c(N)ncnc32)C1=O. The summed E-state index contributed by atoms with van der Waals surface area (Å²) in [5.74, 6) is 1.50. The van der Waals surface area contributed by atoms with Crippen LogP contribution in [0.25, 0.3) is 22.3 Å². The van der Waals surface area contributed by atoms with Crippen molar-refractivity contribution in [2.45, 2.75) is 6.54 Å². The molecule has 4 aromatic rings. The second-order valence-corrected chi connectivity index (χ2v) is 7.65. The molecule has 0 saturated carbocycles. The van der Waals surface area contributed by atoms with Gasteiger partial charge < -0.3 is 15.4 Å². The molecule has 1 saturated heterocycles. The number of likely N-dealkylation sites (N-methyl/N-ethyl adjacent to an activating group) is 1. The van der Waals surface area contributed by atoms with E-state index >= 15 is 0 Å². The Morgan fingerprint density at radius 3 is 2.39 bits per heavy atom. The monoisotopic (exact) mass is 443 g/mol. The molecule has 0 bridgehead atoms. The van der Waals surface area contributed by atoms with Crippen molar-refractivity contribution in [2.75, 3.05) is 25.9 Å². The van der Waals surface area contributed by atoms with E-state index in [0.717, 1.165) is 11.3 Å². The first kappa shape index (κ1) is 20.4. The Hall–Kier alpha value is -4.47. The molecule has 0 radical (unpaired) electrons. The standard InChI is InChI=1S/C23H21N7O3/c1-28-13-18(31)29(23(28)32)11-12-30-22-19(21(24)25-14-26-22)20(27-30)15-7-9-17(10-8-15)33-16-5-3-2-4-6-16/h2-10,14H,11-13H2,1H3,(H2,24,25,26). The second-order valence-electron chi connectivity index (χ2n) is 7.65. The topological polar surface area (TPSA) is 119 Å². The Labute approximate surface area is 189 Å². The lowest BCUT2D eigenvalue weighted by molar-refractivity contribution is -0.125. The number of hydrogen-bond donors (Lipinski definition) is 1. The number of rotatable bonds is 6. The molecule has 10 heteroatoms. The molecule has 10 nitrogen and oxygen atoms in total. The van der Waals surface area contributed by atoms with Crippen molar-refractivity contribution in [2.24, 2.45) is 0 Å². The van der Waals surface area contributed by atoms with Crippen LogP contribution in [0.1, 0.15) is 0 Å². The van der Waals surface area contributed by atoms with Crippen LogP contribution >= 0.6 is 0 Å². The van der Waals surface area contributed by atoms with Crippen LogP contribution in [-0.2, 0) is 11.3 Å². The highest BCUT2D eigenvalue weighted by Crippen LogP contribution is 2.32. The fraction of sp³-hybridized carbons (Fsp3) is 0.174. The number of amides is 3. The van der Waals surface area contributed by atoms with E-state index in [4.69, 9.17) is 15.6 Å². The van der Waals surface area contributed by atoms with Gasteiger partial charge in [-0.15, -0.1) is 0 Å². The Morgan fingerprint density at radius 2 is 1.70 bits per heavy atom. The summed E-state index contributed by atoms with van der Waals surface area (Å²) in [5.41, 5.74) is 8.13. The van der Waals surface area contributed by atoms with E-state index in [1.165, 1.54) is 16.1 Å². The number of hydrogen-bond acceptors (Lipinski definition) is 7. The number of imide groups is 1. The second kappa shape index (κ2) is 8.23. The Morgan fingerprint density at radius 1 is 0.970 bits per heavy atom. The zero-order valence-corrected chi connectivity index (χ0v) is 17.9. The van der Waals surface area contributed by atoms with Crippen LogP contribution in [0.5, 0.6) is 11.5 Å². The molecule has 0 unspecified atom stereocenters. The van der Waals surface area contributed by atoms with Crippen LogP contribution in [0.4, 0.5) is 10.6 Å². The van der Waals surface area contributed by atoms with Crippen molar-refractivity contribution in [3.63, 3.8) is 0 Å². The van der Waals surface area contributed by atoms with Crippen molar-refractivity contribution in [3.05, 3.63) is 60.9 Å². The molecule has 2 aromatic carbocycles. The third kappa shape index (κ3) is 3.82. The fourth-order valence-electron chi connectivity index (χ4n) is 3.78. The minimum absolute atomic E-state index is 0.0798. The number of para-hydroxylation sites is 1. The maximum Gasteiger partial charge on any atom is 0.327 e. The molecule has 2 N–H and O–H groups in total. The van der Waals surface area contributed by atoms with Gasteiger partial charge in [0.25, 0.3) is 0 Å². The van der Waals surface area contributed by atoms with E-state index in [1.54, 1.807) is 11.7 Å². The Balaban J connectivity index is 1.44. The van der Waals surface area contributed by atoms with E-state index in [-0.39, 0.29) is 31.6 Å². The van der Waals surface area contributed by atoms with Gasteiger partial charge in [0.1, 0.15) is 35.9 Å². The lowest BCUT2D eigenvalue weighted by Gasteiger charge is -2.14. The highest BCUT2D eigenvalue weighted by molar-refractivity contribution is 6.02. The highest BCUT2D eigenvalue weighted by Gasteiger charge is 2.33. The quantitative estimate of drug-likeness (QED) is 0.455. The summed E-state index contributed by atoms with van der Waals surface area (Å²) in [6.07, 6.45) is 1.37. The van der Waals surface area contributed by atoms with Gasteiger partial charge in [0.05, 0.1) is 18.5 Å². The smallest absolute Gasteiger partial charge is 0.327 e. The minimum atomic E-state index is -0.320. The largest absolute Gasteiger partial charge is 0.457 e. The van der Waals surface area contributed by atoms with E-state index < -0.39 is 0 Å². The first-order valence-electron chi connectivity index (χ1n) is 10.4. The van der Waals surface area contributed by atoms with Crippen molar-refractivity contribution >= 4 is 28.8 Å². The van der Waals surface area contributed by atoms with Gasteiger partial charge >= 0.3 is 6.03 Å². The van der Waals surface area contributed by atoms with Gasteiger partial charge in [-0.05, 0) is 36.4 Å². The van der Waals surface area contributed by atoms with E-state index in [1.807, 2.05) is 54.6 Å². The first-order valence-corrected chi connectivity index (χ1v) is 10.4. The molecule has 0 atom stereocenters. The molecule has 2 aromatic heterocycles. The zero-order valence-electron chi connectivity index (χ0n) is 17.9. The molecule has 1 fully saturated rings. The minimum Gasteiger partial charge on any atom is -0.457 e. The molecule has 3 heterocycles. The number of fused-ring (bicyclic) bond motifs is 1. The maximum absolute atomic E-state index is 12.2. The number of nitrogens with zero attached hydrogens (tertiary/aromatic N) is 6. The molecule has 166 valence electrons. The highest BCUT2D eigenvalue weighted by atomic mass is 16.5. The van der Waals surface area contributed by atoms with Crippen molar-refractivity contribution in [1.82, 2.24) is 29.5 Å². The van der Waals surface area contributed by atoms with Gasteiger partial charge in [0, 0.05) is 12.6 Å². The summed E-state index contributed by atoms with van der Waals surface area (Å²) in [5, 5.41) is 5.31. The van der Waals surface area contributed by atoms with E-state index in [2.05, 4.69) is 9.97 Å². The number of ether oxygens (including phenoxy) is 1. The molecule has 1 aliphatic heterocycles. The van der Waals surface area contributed by atoms with Crippen LogP contribution in [0.3, 0.4) is 0 Å². The molecule has 0 aliphatic carbocycles. The molecule has 1 aliphatic rings. The number of nitrogen functional groups attached to an aromatic ring is 1. The van der Waals surface area contributed by atoms with Crippen molar-refractivity contribution in [3.8, 4) is 22.8 Å². The van der Waals surface area contributed by atoms with Gasteiger partial charge in [-0.1, -0.05) is 18.2 Å². The molecule has 3 amide bonds. The third-order valence-corrected chi connectivity index (χ3v) is 5.43. The van der Waals surface area contributed by atoms with Gasteiger partial charge in [0.2, 0.25) is 5.91 Å². The Kier molecular flexibility index (Phi) is 5.09. The van der Waals surface area contributed by atoms with Gasteiger partial charge in [0.15, 0.2) is 5.65 Å². The average Bonchev–Trinajstić information content (AvgIpc) is 3.31. The van der Waals surface area contributed by atoms with Gasteiger partial charge in [-0.3, -0.25) is 9.69 Å². The normalized spacial score (nSPS) is 13.8. The summed E-state index contributed by atoms with van der Waals surface area (Å²) in [6, 6.07) is 16.7. The summed E-state index contributed by atoms with van der Waals surface area (Å²) >= 11 is 0. The average molecular weight is 443 g/mol. The Bertz CT molecular complexity index is 1340. The maximum atomic E-state index is 12.2. The van der Waals surface area contributed by atoms with Crippen molar-refractivity contribution in [1.29, 1.82) is 0 Å². The predicted molar refractivity (Wildman–Crippen MR) is 121 cm³/mol. The number of carbonyl (C=O) groups excluding carboxylic acids is 2.